The Morgan fingerprint density at radius 1 is 0.781 bits per heavy atom. The topological polar surface area (TPSA) is 56.1 Å². The van der Waals surface area contributed by atoms with Gasteiger partial charge in [-0.15, -0.1) is 10.2 Å². The highest BCUT2D eigenvalue weighted by atomic mass is 32.1. The summed E-state index contributed by atoms with van der Waals surface area (Å²) in [4.78, 5) is 4.49. The lowest BCUT2D eigenvalue weighted by molar-refractivity contribution is 0.304. The Kier molecular flexibility index (Phi) is 10.5. The minimum Gasteiger partial charge on any atom is -0.497 e. The Morgan fingerprint density at radius 3 is 2.12 bits per heavy atom. The number of hydrogen-bond acceptors (Lipinski definition) is 6. The number of ether oxygens (including phenoxy) is 2. The van der Waals surface area contributed by atoms with Crippen molar-refractivity contribution >= 4 is 32.4 Å². The molecule has 0 aliphatic carbocycles. The normalized spacial score (nSPS) is 11.4. The lowest BCUT2D eigenvalue weighted by Gasteiger charge is -2.06. The van der Waals surface area contributed by atoms with E-state index in [9.17, 15) is 0 Å². The van der Waals surface area contributed by atoms with Crippen LogP contribution in [0.15, 0.2) is 52.7 Å². The van der Waals surface area contributed by atoms with Gasteiger partial charge in [0.15, 0.2) is 0 Å². The van der Waals surface area contributed by atoms with Gasteiger partial charge >= 0.3 is 0 Å². The summed E-state index contributed by atoms with van der Waals surface area (Å²) in [5, 5.41) is 9.22. The zero-order valence-corrected chi connectivity index (χ0v) is 20.2. The first-order chi connectivity index (χ1) is 15.8. The molecule has 0 spiro atoms. The average molecular weight is 454 g/mol. The molecular weight excluding hydrogens is 418 g/mol. The van der Waals surface area contributed by atoms with Crippen molar-refractivity contribution in [1.82, 2.24) is 4.98 Å². The number of aromatic nitrogens is 1. The van der Waals surface area contributed by atoms with Gasteiger partial charge in [0.2, 0.25) is 5.13 Å². The van der Waals surface area contributed by atoms with Crippen molar-refractivity contribution in [2.45, 2.75) is 71.1 Å². The first-order valence-corrected chi connectivity index (χ1v) is 12.7. The number of unbranched alkanes of at least 4 members (excludes halogenated alkanes) is 9. The third-order valence-electron chi connectivity index (χ3n) is 5.44. The molecule has 3 rings (SSSR count). The maximum atomic E-state index is 5.86. The van der Waals surface area contributed by atoms with Gasteiger partial charge in [0.1, 0.15) is 11.5 Å². The minimum atomic E-state index is 0.634. The Hall–Kier alpha value is -2.47. The average Bonchev–Trinajstić information content (AvgIpc) is 3.24. The van der Waals surface area contributed by atoms with Crippen molar-refractivity contribution in [2.75, 3.05) is 13.7 Å². The van der Waals surface area contributed by atoms with Crippen LogP contribution in [0.25, 0.3) is 10.2 Å². The summed E-state index contributed by atoms with van der Waals surface area (Å²) in [5.74, 6) is 1.70. The Labute approximate surface area is 195 Å². The lowest BCUT2D eigenvalue weighted by Crippen LogP contribution is -1.96. The largest absolute Gasteiger partial charge is 0.497 e. The van der Waals surface area contributed by atoms with Crippen molar-refractivity contribution in [3.05, 3.63) is 42.5 Å². The third kappa shape index (κ3) is 8.23. The molecule has 0 amide bonds. The molecule has 0 aliphatic heterocycles. The zero-order chi connectivity index (χ0) is 22.4. The molecule has 0 saturated carbocycles. The van der Waals surface area contributed by atoms with Crippen LogP contribution in [0.3, 0.4) is 0 Å². The van der Waals surface area contributed by atoms with Gasteiger partial charge in [-0.05, 0) is 48.9 Å². The second-order valence-corrected chi connectivity index (χ2v) is 9.06. The number of azo groups is 1. The van der Waals surface area contributed by atoms with E-state index in [1.165, 1.54) is 69.1 Å². The number of methoxy groups -OCH3 is 1. The molecular formula is C26H35N3O2S. The highest BCUT2D eigenvalue weighted by Crippen LogP contribution is 2.32. The van der Waals surface area contributed by atoms with E-state index in [4.69, 9.17) is 9.47 Å². The second-order valence-electron chi connectivity index (χ2n) is 8.05. The van der Waals surface area contributed by atoms with Crippen molar-refractivity contribution in [3.8, 4) is 11.5 Å². The molecule has 5 nitrogen and oxygen atoms in total. The minimum absolute atomic E-state index is 0.634. The summed E-state index contributed by atoms with van der Waals surface area (Å²) < 4.78 is 12.2. The third-order valence-corrected chi connectivity index (χ3v) is 6.34. The molecule has 32 heavy (non-hydrogen) atoms. The molecule has 1 heterocycles. The SMILES string of the molecule is CCCCCCCCCCCCOc1ccc(N=Nc2nc3ccc(OC)cc3s2)cc1. The van der Waals surface area contributed by atoms with Gasteiger partial charge in [0.25, 0.3) is 0 Å². The molecule has 0 atom stereocenters. The van der Waals surface area contributed by atoms with Crippen molar-refractivity contribution in [2.24, 2.45) is 10.2 Å². The fraction of sp³-hybridized carbons (Fsp3) is 0.500. The maximum Gasteiger partial charge on any atom is 0.231 e. The van der Waals surface area contributed by atoms with E-state index >= 15 is 0 Å². The van der Waals surface area contributed by atoms with E-state index in [0.29, 0.717) is 5.13 Å². The Bertz CT molecular complexity index is 953. The number of fused-ring (bicyclic) bond motifs is 1. The van der Waals surface area contributed by atoms with Gasteiger partial charge in [-0.2, -0.15) is 0 Å². The predicted molar refractivity (Wildman–Crippen MR) is 134 cm³/mol. The first kappa shape index (κ1) is 24.2. The summed E-state index contributed by atoms with van der Waals surface area (Å²) >= 11 is 1.50. The highest BCUT2D eigenvalue weighted by Gasteiger charge is 2.04. The molecule has 172 valence electrons. The van der Waals surface area contributed by atoms with Crippen molar-refractivity contribution in [1.29, 1.82) is 0 Å². The molecule has 0 unspecified atom stereocenters. The van der Waals surface area contributed by atoms with Gasteiger partial charge in [-0.3, -0.25) is 0 Å². The molecule has 0 aliphatic rings. The van der Waals surface area contributed by atoms with Crippen LogP contribution in [0.5, 0.6) is 11.5 Å². The van der Waals surface area contributed by atoms with E-state index in [1.54, 1.807) is 7.11 Å². The summed E-state index contributed by atoms with van der Waals surface area (Å²) in [6, 6.07) is 13.6. The quantitative estimate of drug-likeness (QED) is 0.170. The molecule has 3 aromatic rings. The van der Waals surface area contributed by atoms with Crippen LogP contribution >= 0.6 is 11.3 Å². The van der Waals surface area contributed by atoms with Crippen LogP contribution < -0.4 is 9.47 Å². The van der Waals surface area contributed by atoms with Crippen LogP contribution in [0.2, 0.25) is 0 Å². The fourth-order valence-corrected chi connectivity index (χ4v) is 4.37. The lowest BCUT2D eigenvalue weighted by atomic mass is 10.1. The number of benzene rings is 2. The Morgan fingerprint density at radius 2 is 1.44 bits per heavy atom. The van der Waals surface area contributed by atoms with Gasteiger partial charge in [0, 0.05) is 0 Å². The molecule has 1 aromatic heterocycles. The van der Waals surface area contributed by atoms with Crippen LogP contribution in [0.1, 0.15) is 71.1 Å². The van der Waals surface area contributed by atoms with Gasteiger partial charge in [0.05, 0.1) is 29.6 Å². The van der Waals surface area contributed by atoms with Crippen molar-refractivity contribution < 1.29 is 9.47 Å². The van der Waals surface area contributed by atoms with Crippen LogP contribution in [-0.2, 0) is 0 Å². The standard InChI is InChI=1S/C26H35N3O2S/c1-3-4-5-6-7-8-9-10-11-12-19-31-22-15-13-21(14-16-22)28-29-26-27-24-18-17-23(30-2)20-25(24)32-26/h13-18,20H,3-12,19H2,1-2H3. The van der Waals surface area contributed by atoms with Crippen LogP contribution in [0, 0.1) is 0 Å². The van der Waals surface area contributed by atoms with Gasteiger partial charge < -0.3 is 9.47 Å². The number of rotatable bonds is 15. The van der Waals surface area contributed by atoms with E-state index in [0.717, 1.165) is 40.4 Å². The second kappa shape index (κ2) is 13.8. The summed E-state index contributed by atoms with van der Waals surface area (Å²) in [6.07, 6.45) is 13.3. The molecule has 0 saturated heterocycles. The summed E-state index contributed by atoms with van der Waals surface area (Å²) in [7, 11) is 1.66. The van der Waals surface area contributed by atoms with Crippen molar-refractivity contribution in [3.63, 3.8) is 0 Å². The summed E-state index contributed by atoms with van der Waals surface area (Å²) in [5.41, 5.74) is 1.69. The first-order valence-electron chi connectivity index (χ1n) is 11.9. The smallest absolute Gasteiger partial charge is 0.231 e. The van der Waals surface area contributed by atoms with Crippen LogP contribution in [-0.4, -0.2) is 18.7 Å². The Balaban J connectivity index is 1.33. The summed E-state index contributed by atoms with van der Waals surface area (Å²) in [6.45, 7) is 3.04. The number of thiazole rings is 1. The predicted octanol–water partition coefficient (Wildman–Crippen LogP) is 9.02. The molecule has 6 heteroatoms. The molecule has 2 aromatic carbocycles. The molecule has 0 radical (unpaired) electrons. The number of nitrogens with zero attached hydrogens (tertiary/aromatic N) is 3. The van der Waals surface area contributed by atoms with Gasteiger partial charge in [-0.1, -0.05) is 76.0 Å². The van der Waals surface area contributed by atoms with Crippen LogP contribution in [0.4, 0.5) is 10.8 Å². The monoisotopic (exact) mass is 453 g/mol. The molecule has 0 fully saturated rings. The van der Waals surface area contributed by atoms with E-state index in [1.807, 2.05) is 42.5 Å². The zero-order valence-electron chi connectivity index (χ0n) is 19.4. The number of hydrogen-bond donors (Lipinski definition) is 0. The van der Waals surface area contributed by atoms with E-state index in [2.05, 4.69) is 22.1 Å². The fourth-order valence-electron chi connectivity index (χ4n) is 3.55. The molecule has 0 N–H and O–H groups in total. The van der Waals surface area contributed by atoms with Gasteiger partial charge in [-0.25, -0.2) is 4.98 Å². The molecule has 0 bridgehead atoms. The maximum absolute atomic E-state index is 5.86. The van der Waals surface area contributed by atoms with E-state index in [-0.39, 0.29) is 0 Å². The highest BCUT2D eigenvalue weighted by molar-refractivity contribution is 7.21. The van der Waals surface area contributed by atoms with E-state index < -0.39 is 0 Å².